The van der Waals surface area contributed by atoms with E-state index in [2.05, 4.69) is 20.3 Å². The molecular formula is C19H22N6O2S. The average Bonchev–Trinajstić information content (AvgIpc) is 3.01. The summed E-state index contributed by atoms with van der Waals surface area (Å²) in [5.74, 6) is 2.43. The van der Waals surface area contributed by atoms with Crippen molar-refractivity contribution in [1.29, 1.82) is 0 Å². The molecular weight excluding hydrogens is 376 g/mol. The van der Waals surface area contributed by atoms with Gasteiger partial charge in [-0.1, -0.05) is 6.07 Å². The fourth-order valence-corrected chi connectivity index (χ4v) is 4.10. The molecule has 9 heteroatoms. The highest BCUT2D eigenvalue weighted by Crippen LogP contribution is 2.20. The lowest BCUT2D eigenvalue weighted by atomic mass is 10.1. The van der Waals surface area contributed by atoms with E-state index >= 15 is 0 Å². The fourth-order valence-electron chi connectivity index (χ4n) is 3.19. The maximum absolute atomic E-state index is 12.7. The molecule has 8 nitrogen and oxygen atoms in total. The molecule has 0 saturated carbocycles. The van der Waals surface area contributed by atoms with Crippen molar-refractivity contribution < 1.29 is 4.79 Å². The maximum atomic E-state index is 12.7. The summed E-state index contributed by atoms with van der Waals surface area (Å²) in [5, 5.41) is 7.23. The first-order chi connectivity index (χ1) is 13.5. The van der Waals surface area contributed by atoms with Gasteiger partial charge < -0.3 is 10.2 Å². The van der Waals surface area contributed by atoms with Crippen LogP contribution in [0, 0.1) is 13.8 Å². The van der Waals surface area contributed by atoms with Gasteiger partial charge in [-0.3, -0.25) is 4.79 Å². The van der Waals surface area contributed by atoms with Gasteiger partial charge in [-0.05, 0) is 37.1 Å². The third kappa shape index (κ3) is 3.62. The van der Waals surface area contributed by atoms with Crippen LogP contribution in [0.4, 0.5) is 11.5 Å². The molecule has 0 radical (unpaired) electrons. The number of anilines is 2. The number of carbonyl (C=O) groups is 1. The predicted molar refractivity (Wildman–Crippen MR) is 111 cm³/mol. The molecule has 3 aromatic rings. The second kappa shape index (κ2) is 7.67. The third-order valence-electron chi connectivity index (χ3n) is 4.88. The summed E-state index contributed by atoms with van der Waals surface area (Å²) in [6.45, 7) is 5.59. The Kier molecular flexibility index (Phi) is 5.08. The number of hydrogen-bond donors (Lipinski definition) is 1. The zero-order valence-corrected chi connectivity index (χ0v) is 16.7. The Balaban J connectivity index is 1.58. The van der Waals surface area contributed by atoms with Crippen molar-refractivity contribution in [3.8, 4) is 0 Å². The minimum Gasteiger partial charge on any atom is -0.352 e. The number of thioether (sulfide) groups is 1. The SMILES string of the molecule is Cc1ccc(NC(=O)Cn2nc3c(N4CCSCC4)nccn3c2=O)cc1C. The number of aryl methyl sites for hydroxylation is 2. The Hall–Kier alpha value is -2.81. The summed E-state index contributed by atoms with van der Waals surface area (Å²) in [5.41, 5.74) is 3.10. The molecule has 0 aliphatic carbocycles. The first kappa shape index (κ1) is 18.5. The number of amides is 1. The lowest BCUT2D eigenvalue weighted by Gasteiger charge is -2.27. The number of benzene rings is 1. The normalized spacial score (nSPS) is 14.4. The molecule has 1 N–H and O–H groups in total. The highest BCUT2D eigenvalue weighted by atomic mass is 32.2. The molecule has 2 aromatic heterocycles. The van der Waals surface area contributed by atoms with E-state index in [1.165, 1.54) is 9.08 Å². The second-order valence-electron chi connectivity index (χ2n) is 6.83. The Labute approximate surface area is 166 Å². The van der Waals surface area contributed by atoms with Crippen molar-refractivity contribution in [2.45, 2.75) is 20.4 Å². The smallest absolute Gasteiger partial charge is 0.350 e. The fraction of sp³-hybridized carbons (Fsp3) is 0.368. The minimum atomic E-state index is -0.347. The average molecular weight is 398 g/mol. The maximum Gasteiger partial charge on any atom is 0.350 e. The van der Waals surface area contributed by atoms with Crippen LogP contribution >= 0.6 is 11.8 Å². The van der Waals surface area contributed by atoms with Gasteiger partial charge in [0.25, 0.3) is 0 Å². The molecule has 1 aromatic carbocycles. The van der Waals surface area contributed by atoms with Crippen molar-refractivity contribution in [3.63, 3.8) is 0 Å². The van der Waals surface area contributed by atoms with Crippen LogP contribution in [0.3, 0.4) is 0 Å². The molecule has 146 valence electrons. The number of nitrogens with zero attached hydrogens (tertiary/aromatic N) is 5. The lowest BCUT2D eigenvalue weighted by Crippen LogP contribution is -2.33. The Morgan fingerprint density at radius 2 is 2.00 bits per heavy atom. The lowest BCUT2D eigenvalue weighted by molar-refractivity contribution is -0.117. The highest BCUT2D eigenvalue weighted by molar-refractivity contribution is 7.99. The van der Waals surface area contributed by atoms with Crippen molar-refractivity contribution in [2.24, 2.45) is 0 Å². The van der Waals surface area contributed by atoms with Crippen LogP contribution in [0.5, 0.6) is 0 Å². The van der Waals surface area contributed by atoms with E-state index in [1.807, 2.05) is 43.8 Å². The molecule has 0 bridgehead atoms. The summed E-state index contributed by atoms with van der Waals surface area (Å²) < 4.78 is 2.64. The van der Waals surface area contributed by atoms with Gasteiger partial charge in [0.2, 0.25) is 11.6 Å². The molecule has 1 aliphatic heterocycles. The van der Waals surface area contributed by atoms with Crippen LogP contribution in [-0.2, 0) is 11.3 Å². The van der Waals surface area contributed by atoms with E-state index in [4.69, 9.17) is 0 Å². The molecule has 0 atom stereocenters. The molecule has 1 fully saturated rings. The van der Waals surface area contributed by atoms with Crippen LogP contribution < -0.4 is 15.9 Å². The molecule has 0 spiro atoms. The zero-order valence-electron chi connectivity index (χ0n) is 15.9. The van der Waals surface area contributed by atoms with Gasteiger partial charge in [0.15, 0.2) is 5.82 Å². The standard InChI is InChI=1S/C19H22N6O2S/c1-13-3-4-15(11-14(13)2)21-16(26)12-25-19(27)24-6-5-20-17(18(24)22-25)23-7-9-28-10-8-23/h3-6,11H,7-10,12H2,1-2H3,(H,21,26). The largest absolute Gasteiger partial charge is 0.352 e. The van der Waals surface area contributed by atoms with Crippen LogP contribution in [0.25, 0.3) is 5.65 Å². The first-order valence-electron chi connectivity index (χ1n) is 9.17. The summed E-state index contributed by atoms with van der Waals surface area (Å²) >= 11 is 1.90. The summed E-state index contributed by atoms with van der Waals surface area (Å²) in [4.78, 5) is 31.7. The molecule has 3 heterocycles. The Morgan fingerprint density at radius 3 is 2.75 bits per heavy atom. The van der Waals surface area contributed by atoms with E-state index in [-0.39, 0.29) is 18.1 Å². The summed E-state index contributed by atoms with van der Waals surface area (Å²) in [6.07, 6.45) is 3.19. The van der Waals surface area contributed by atoms with E-state index in [0.29, 0.717) is 17.2 Å². The van der Waals surface area contributed by atoms with Crippen molar-refractivity contribution in [3.05, 3.63) is 52.2 Å². The Morgan fingerprint density at radius 1 is 1.21 bits per heavy atom. The molecule has 4 rings (SSSR count). The summed E-state index contributed by atoms with van der Waals surface area (Å²) in [7, 11) is 0. The number of hydrogen-bond acceptors (Lipinski definition) is 6. The van der Waals surface area contributed by atoms with Gasteiger partial charge in [0, 0.05) is 42.7 Å². The highest BCUT2D eigenvalue weighted by Gasteiger charge is 2.20. The van der Waals surface area contributed by atoms with Crippen LogP contribution in [0.1, 0.15) is 11.1 Å². The molecule has 0 unspecified atom stereocenters. The minimum absolute atomic E-state index is 0.150. The monoisotopic (exact) mass is 398 g/mol. The number of fused-ring (bicyclic) bond motifs is 1. The number of aromatic nitrogens is 4. The quantitative estimate of drug-likeness (QED) is 0.720. The van der Waals surface area contributed by atoms with Crippen LogP contribution in [-0.4, -0.2) is 49.7 Å². The molecule has 1 aliphatic rings. The van der Waals surface area contributed by atoms with Crippen LogP contribution in [0.15, 0.2) is 35.4 Å². The van der Waals surface area contributed by atoms with E-state index in [0.717, 1.165) is 35.7 Å². The molecule has 1 saturated heterocycles. The topological polar surface area (TPSA) is 84.5 Å². The van der Waals surface area contributed by atoms with E-state index < -0.39 is 0 Å². The zero-order chi connectivity index (χ0) is 19.7. The van der Waals surface area contributed by atoms with Gasteiger partial charge in [-0.15, -0.1) is 5.10 Å². The van der Waals surface area contributed by atoms with Crippen LogP contribution in [0.2, 0.25) is 0 Å². The van der Waals surface area contributed by atoms with Crippen molar-refractivity contribution >= 4 is 34.8 Å². The van der Waals surface area contributed by atoms with Gasteiger partial charge in [0.05, 0.1) is 0 Å². The third-order valence-corrected chi connectivity index (χ3v) is 5.82. The second-order valence-corrected chi connectivity index (χ2v) is 8.06. The Bertz CT molecular complexity index is 1080. The van der Waals surface area contributed by atoms with Gasteiger partial charge >= 0.3 is 5.69 Å². The van der Waals surface area contributed by atoms with Crippen molar-refractivity contribution in [2.75, 3.05) is 34.8 Å². The summed E-state index contributed by atoms with van der Waals surface area (Å²) in [6, 6.07) is 5.72. The first-order valence-corrected chi connectivity index (χ1v) is 10.3. The predicted octanol–water partition coefficient (Wildman–Crippen LogP) is 1.70. The molecule has 28 heavy (non-hydrogen) atoms. The number of carbonyl (C=O) groups excluding carboxylic acids is 1. The van der Waals surface area contributed by atoms with E-state index in [1.54, 1.807) is 12.4 Å². The van der Waals surface area contributed by atoms with Crippen molar-refractivity contribution in [1.82, 2.24) is 19.2 Å². The van der Waals surface area contributed by atoms with E-state index in [9.17, 15) is 9.59 Å². The van der Waals surface area contributed by atoms with Gasteiger partial charge in [0.1, 0.15) is 6.54 Å². The number of nitrogens with one attached hydrogen (secondary N) is 1. The van der Waals surface area contributed by atoms with Gasteiger partial charge in [-0.2, -0.15) is 11.8 Å². The number of rotatable bonds is 4. The van der Waals surface area contributed by atoms with Gasteiger partial charge in [-0.25, -0.2) is 18.9 Å². The molecule has 1 amide bonds.